The Kier molecular flexibility index (Phi) is 3.65. The van der Waals surface area contributed by atoms with Crippen LogP contribution in [0, 0.1) is 12.8 Å². The van der Waals surface area contributed by atoms with Crippen LogP contribution in [0.1, 0.15) is 62.5 Å². The topological polar surface area (TPSA) is 45.8 Å². The number of rotatable bonds is 2. The molecule has 0 saturated heterocycles. The Bertz CT molecular complexity index is 450. The summed E-state index contributed by atoms with van der Waals surface area (Å²) in [6, 6.07) is 0. The SMILES string of the molecule is CCc1nc(C2CCCC(C)C2)[nH]c(=O)c1C. The molecule has 2 unspecified atom stereocenters. The van der Waals surface area contributed by atoms with Crippen LogP contribution < -0.4 is 5.56 Å². The van der Waals surface area contributed by atoms with Crippen molar-refractivity contribution in [3.8, 4) is 0 Å². The largest absolute Gasteiger partial charge is 0.310 e. The maximum Gasteiger partial charge on any atom is 0.254 e. The van der Waals surface area contributed by atoms with E-state index in [1.54, 1.807) is 0 Å². The molecule has 1 aromatic heterocycles. The van der Waals surface area contributed by atoms with E-state index in [1.807, 2.05) is 6.92 Å². The van der Waals surface area contributed by atoms with Gasteiger partial charge in [0.05, 0.1) is 5.69 Å². The van der Waals surface area contributed by atoms with Crippen LogP contribution in [0.4, 0.5) is 0 Å². The molecule has 0 radical (unpaired) electrons. The Morgan fingerprint density at radius 2 is 2.18 bits per heavy atom. The van der Waals surface area contributed by atoms with Crippen LogP contribution in [0.3, 0.4) is 0 Å². The average Bonchev–Trinajstić information content (AvgIpc) is 2.32. The fourth-order valence-corrected chi connectivity index (χ4v) is 2.82. The van der Waals surface area contributed by atoms with E-state index in [-0.39, 0.29) is 5.56 Å². The van der Waals surface area contributed by atoms with Crippen LogP contribution in [0.5, 0.6) is 0 Å². The number of aryl methyl sites for hydroxylation is 1. The molecule has 0 spiro atoms. The predicted octanol–water partition coefficient (Wildman–Crippen LogP) is 2.93. The second-order valence-corrected chi connectivity index (χ2v) is 5.35. The summed E-state index contributed by atoms with van der Waals surface area (Å²) in [7, 11) is 0. The monoisotopic (exact) mass is 234 g/mol. The van der Waals surface area contributed by atoms with Gasteiger partial charge in [-0.3, -0.25) is 4.79 Å². The van der Waals surface area contributed by atoms with Crippen LogP contribution in [-0.4, -0.2) is 9.97 Å². The van der Waals surface area contributed by atoms with Crippen molar-refractivity contribution in [2.75, 3.05) is 0 Å². The summed E-state index contributed by atoms with van der Waals surface area (Å²) in [5.41, 5.74) is 1.78. The molecule has 0 aromatic carbocycles. The van der Waals surface area contributed by atoms with Crippen molar-refractivity contribution in [2.45, 2.75) is 58.8 Å². The van der Waals surface area contributed by atoms with E-state index in [9.17, 15) is 4.79 Å². The van der Waals surface area contributed by atoms with Crippen molar-refractivity contribution in [3.63, 3.8) is 0 Å². The molecule has 1 saturated carbocycles. The van der Waals surface area contributed by atoms with Crippen LogP contribution in [0.2, 0.25) is 0 Å². The lowest BCUT2D eigenvalue weighted by Gasteiger charge is -2.26. The molecule has 1 aliphatic rings. The van der Waals surface area contributed by atoms with Gasteiger partial charge in [-0.05, 0) is 32.1 Å². The molecular formula is C14H22N2O. The lowest BCUT2D eigenvalue weighted by atomic mass is 9.82. The highest BCUT2D eigenvalue weighted by atomic mass is 16.1. The number of nitrogens with one attached hydrogen (secondary N) is 1. The Hall–Kier alpha value is -1.12. The summed E-state index contributed by atoms with van der Waals surface area (Å²) >= 11 is 0. The second kappa shape index (κ2) is 5.03. The molecule has 1 aliphatic carbocycles. The summed E-state index contributed by atoms with van der Waals surface area (Å²) in [5.74, 6) is 2.13. The van der Waals surface area contributed by atoms with Crippen LogP contribution >= 0.6 is 0 Å². The van der Waals surface area contributed by atoms with Crippen molar-refractivity contribution in [3.05, 3.63) is 27.4 Å². The highest BCUT2D eigenvalue weighted by Crippen LogP contribution is 2.34. The maximum absolute atomic E-state index is 11.8. The van der Waals surface area contributed by atoms with Gasteiger partial charge < -0.3 is 4.98 Å². The highest BCUT2D eigenvalue weighted by molar-refractivity contribution is 5.17. The molecule has 1 aromatic rings. The van der Waals surface area contributed by atoms with E-state index >= 15 is 0 Å². The number of nitrogens with zero attached hydrogens (tertiary/aromatic N) is 1. The zero-order valence-electron chi connectivity index (χ0n) is 11.0. The van der Waals surface area contributed by atoms with E-state index in [0.717, 1.165) is 35.8 Å². The van der Waals surface area contributed by atoms with Gasteiger partial charge in [0.15, 0.2) is 0 Å². The molecule has 1 fully saturated rings. The molecular weight excluding hydrogens is 212 g/mol. The number of aromatic nitrogens is 2. The normalized spacial score (nSPS) is 24.9. The molecule has 17 heavy (non-hydrogen) atoms. The summed E-state index contributed by atoms with van der Waals surface area (Å²) in [4.78, 5) is 19.5. The molecule has 0 amide bonds. The minimum Gasteiger partial charge on any atom is -0.310 e. The third-order valence-electron chi connectivity index (χ3n) is 3.93. The summed E-state index contributed by atoms with van der Waals surface area (Å²) in [6.45, 7) is 6.21. The third kappa shape index (κ3) is 2.59. The van der Waals surface area contributed by atoms with Crippen molar-refractivity contribution in [2.24, 2.45) is 5.92 Å². The Morgan fingerprint density at radius 1 is 1.41 bits per heavy atom. The minimum absolute atomic E-state index is 0.0464. The van der Waals surface area contributed by atoms with Crippen molar-refractivity contribution >= 4 is 0 Å². The van der Waals surface area contributed by atoms with Gasteiger partial charge in [-0.2, -0.15) is 0 Å². The first-order valence-corrected chi connectivity index (χ1v) is 6.71. The molecule has 1 N–H and O–H groups in total. The van der Waals surface area contributed by atoms with Crippen molar-refractivity contribution in [1.82, 2.24) is 9.97 Å². The molecule has 3 nitrogen and oxygen atoms in total. The standard InChI is InChI=1S/C14H22N2O/c1-4-12-10(3)14(17)16-13(15-12)11-7-5-6-9(2)8-11/h9,11H,4-8H2,1-3H3,(H,15,16,17). The van der Waals surface area contributed by atoms with Crippen LogP contribution in [0.15, 0.2) is 4.79 Å². The van der Waals surface area contributed by atoms with Crippen molar-refractivity contribution in [1.29, 1.82) is 0 Å². The van der Waals surface area contributed by atoms with Gasteiger partial charge >= 0.3 is 0 Å². The Labute approximate surface area is 103 Å². The van der Waals surface area contributed by atoms with Gasteiger partial charge in [0, 0.05) is 11.5 Å². The van der Waals surface area contributed by atoms with Crippen LogP contribution in [0.25, 0.3) is 0 Å². The lowest BCUT2D eigenvalue weighted by molar-refractivity contribution is 0.334. The Morgan fingerprint density at radius 3 is 2.82 bits per heavy atom. The number of hydrogen-bond acceptors (Lipinski definition) is 2. The van der Waals surface area contributed by atoms with Crippen LogP contribution in [-0.2, 0) is 6.42 Å². The first-order chi connectivity index (χ1) is 8.11. The van der Waals surface area contributed by atoms with E-state index in [1.165, 1.54) is 19.3 Å². The first-order valence-electron chi connectivity index (χ1n) is 6.71. The quantitative estimate of drug-likeness (QED) is 0.855. The van der Waals surface area contributed by atoms with E-state index < -0.39 is 0 Å². The lowest BCUT2D eigenvalue weighted by Crippen LogP contribution is -2.22. The fraction of sp³-hybridized carbons (Fsp3) is 0.714. The first kappa shape index (κ1) is 12.3. The number of H-pyrrole nitrogens is 1. The van der Waals surface area contributed by atoms with Gasteiger partial charge in [0.2, 0.25) is 0 Å². The van der Waals surface area contributed by atoms with Crippen molar-refractivity contribution < 1.29 is 0 Å². The predicted molar refractivity (Wildman–Crippen MR) is 69.3 cm³/mol. The summed E-state index contributed by atoms with van der Waals surface area (Å²) in [6.07, 6.45) is 5.73. The maximum atomic E-state index is 11.8. The fourth-order valence-electron chi connectivity index (χ4n) is 2.82. The van der Waals surface area contributed by atoms with E-state index in [2.05, 4.69) is 23.8 Å². The summed E-state index contributed by atoms with van der Waals surface area (Å²) in [5, 5.41) is 0. The minimum atomic E-state index is 0.0464. The molecule has 0 bridgehead atoms. The van der Waals surface area contributed by atoms with Gasteiger partial charge in [-0.1, -0.05) is 26.7 Å². The van der Waals surface area contributed by atoms with E-state index in [4.69, 9.17) is 0 Å². The molecule has 2 rings (SSSR count). The molecule has 94 valence electrons. The molecule has 2 atom stereocenters. The molecule has 0 aliphatic heterocycles. The highest BCUT2D eigenvalue weighted by Gasteiger charge is 2.23. The van der Waals surface area contributed by atoms with E-state index in [0.29, 0.717) is 5.92 Å². The Balaban J connectivity index is 2.32. The summed E-state index contributed by atoms with van der Waals surface area (Å²) < 4.78 is 0. The number of hydrogen-bond donors (Lipinski definition) is 1. The zero-order valence-corrected chi connectivity index (χ0v) is 11.0. The smallest absolute Gasteiger partial charge is 0.254 e. The number of aromatic amines is 1. The second-order valence-electron chi connectivity index (χ2n) is 5.35. The zero-order chi connectivity index (χ0) is 12.4. The van der Waals surface area contributed by atoms with Gasteiger partial charge in [-0.15, -0.1) is 0 Å². The third-order valence-corrected chi connectivity index (χ3v) is 3.93. The van der Waals surface area contributed by atoms with Gasteiger partial charge in [0.25, 0.3) is 5.56 Å². The van der Waals surface area contributed by atoms with Gasteiger partial charge in [0.1, 0.15) is 5.82 Å². The average molecular weight is 234 g/mol. The molecule has 1 heterocycles. The molecule has 3 heteroatoms. The van der Waals surface area contributed by atoms with Gasteiger partial charge in [-0.25, -0.2) is 4.98 Å².